The molecule has 0 N–H and O–H groups in total. The lowest BCUT2D eigenvalue weighted by atomic mass is 10.2. The maximum absolute atomic E-state index is 11.5. The van der Waals surface area contributed by atoms with Crippen LogP contribution in [0.5, 0.6) is 0 Å². The summed E-state index contributed by atoms with van der Waals surface area (Å²) in [6.45, 7) is 15.6. The van der Waals surface area contributed by atoms with Crippen molar-refractivity contribution in [2.75, 3.05) is 13.6 Å². The van der Waals surface area contributed by atoms with Crippen molar-refractivity contribution in [3.05, 3.63) is 12.7 Å². The van der Waals surface area contributed by atoms with E-state index in [-0.39, 0.29) is 17.1 Å². The summed E-state index contributed by atoms with van der Waals surface area (Å²) in [5.74, 6) is -0.144. The molecule has 0 aliphatic rings. The Hall–Kier alpha value is -0.870. The van der Waals surface area contributed by atoms with Gasteiger partial charge in [0.2, 0.25) is 5.91 Å². The van der Waals surface area contributed by atoms with Crippen LogP contribution in [0.25, 0.3) is 0 Å². The number of ether oxygens (including phenoxy) is 2. The van der Waals surface area contributed by atoms with Gasteiger partial charge in [0.25, 0.3) is 0 Å². The standard InChI is InChI=1S/C14H27NO3/c1-9-11(16)15(8)10-12(17-13(2,3)4)18-14(5,6)7/h9,12H,1,10H2,2-8H3. The minimum atomic E-state index is -0.459. The van der Waals surface area contributed by atoms with Crippen LogP contribution in [0.4, 0.5) is 0 Å². The van der Waals surface area contributed by atoms with E-state index >= 15 is 0 Å². The van der Waals surface area contributed by atoms with Crippen LogP contribution in [0.15, 0.2) is 12.7 Å². The van der Waals surface area contributed by atoms with Gasteiger partial charge in [-0.25, -0.2) is 0 Å². The summed E-state index contributed by atoms with van der Waals surface area (Å²) in [7, 11) is 1.70. The molecule has 0 unspecified atom stereocenters. The van der Waals surface area contributed by atoms with Crippen LogP contribution in [0, 0.1) is 0 Å². The van der Waals surface area contributed by atoms with Gasteiger partial charge < -0.3 is 14.4 Å². The highest BCUT2D eigenvalue weighted by atomic mass is 16.7. The fourth-order valence-electron chi connectivity index (χ4n) is 1.36. The quantitative estimate of drug-likeness (QED) is 0.561. The minimum Gasteiger partial charge on any atom is -0.345 e. The molecule has 0 rings (SSSR count). The number of hydrogen-bond acceptors (Lipinski definition) is 3. The van der Waals surface area contributed by atoms with Crippen LogP contribution in [0.3, 0.4) is 0 Å². The van der Waals surface area contributed by atoms with Gasteiger partial charge in [0, 0.05) is 7.05 Å². The first kappa shape index (κ1) is 17.1. The predicted octanol–water partition coefficient (Wildman–Crippen LogP) is 2.59. The van der Waals surface area contributed by atoms with Crippen LogP contribution in [-0.4, -0.2) is 41.9 Å². The van der Waals surface area contributed by atoms with E-state index < -0.39 is 6.29 Å². The van der Waals surface area contributed by atoms with Crippen molar-refractivity contribution in [2.45, 2.75) is 59.0 Å². The zero-order chi connectivity index (χ0) is 14.6. The van der Waals surface area contributed by atoms with Gasteiger partial charge in [0.05, 0.1) is 17.7 Å². The van der Waals surface area contributed by atoms with Gasteiger partial charge >= 0.3 is 0 Å². The van der Waals surface area contributed by atoms with E-state index in [0.717, 1.165) is 0 Å². The van der Waals surface area contributed by atoms with Gasteiger partial charge in [0.1, 0.15) is 0 Å². The molecule has 0 aromatic carbocycles. The number of nitrogens with zero attached hydrogens (tertiary/aromatic N) is 1. The van der Waals surface area contributed by atoms with Crippen molar-refractivity contribution < 1.29 is 14.3 Å². The largest absolute Gasteiger partial charge is 0.345 e. The summed E-state index contributed by atoms with van der Waals surface area (Å²) in [6.07, 6.45) is 0.824. The molecule has 4 nitrogen and oxygen atoms in total. The van der Waals surface area contributed by atoms with Crippen molar-refractivity contribution in [2.24, 2.45) is 0 Å². The summed E-state index contributed by atoms with van der Waals surface area (Å²) in [6, 6.07) is 0. The fraction of sp³-hybridized carbons (Fsp3) is 0.786. The van der Waals surface area contributed by atoms with E-state index in [1.54, 1.807) is 7.05 Å². The first-order chi connectivity index (χ1) is 7.94. The van der Waals surface area contributed by atoms with Crippen molar-refractivity contribution in [1.29, 1.82) is 0 Å². The molecule has 0 aromatic rings. The van der Waals surface area contributed by atoms with E-state index in [4.69, 9.17) is 9.47 Å². The summed E-state index contributed by atoms with van der Waals surface area (Å²) >= 11 is 0. The topological polar surface area (TPSA) is 38.8 Å². The minimum absolute atomic E-state index is 0.144. The van der Waals surface area contributed by atoms with Gasteiger partial charge in [-0.15, -0.1) is 0 Å². The zero-order valence-corrected chi connectivity index (χ0v) is 12.7. The maximum atomic E-state index is 11.5. The molecule has 0 fully saturated rings. The number of hydrogen-bond donors (Lipinski definition) is 0. The highest BCUT2D eigenvalue weighted by Gasteiger charge is 2.26. The van der Waals surface area contributed by atoms with Crippen LogP contribution >= 0.6 is 0 Å². The van der Waals surface area contributed by atoms with Gasteiger partial charge in [-0.3, -0.25) is 4.79 Å². The van der Waals surface area contributed by atoms with E-state index in [9.17, 15) is 4.79 Å². The Balaban J connectivity index is 4.67. The molecule has 0 aliphatic carbocycles. The first-order valence-corrected chi connectivity index (χ1v) is 6.18. The average molecular weight is 257 g/mol. The Morgan fingerprint density at radius 2 is 1.56 bits per heavy atom. The van der Waals surface area contributed by atoms with Crippen molar-refractivity contribution >= 4 is 5.91 Å². The van der Waals surface area contributed by atoms with Crippen LogP contribution in [-0.2, 0) is 14.3 Å². The molecular weight excluding hydrogens is 230 g/mol. The molecular formula is C14H27NO3. The van der Waals surface area contributed by atoms with Gasteiger partial charge in [-0.05, 0) is 47.6 Å². The normalized spacial score (nSPS) is 12.7. The second kappa shape index (κ2) is 6.34. The highest BCUT2D eigenvalue weighted by molar-refractivity contribution is 5.86. The van der Waals surface area contributed by atoms with Crippen molar-refractivity contribution in [3.63, 3.8) is 0 Å². The molecule has 0 saturated heterocycles. The van der Waals surface area contributed by atoms with E-state index in [1.807, 2.05) is 41.5 Å². The third kappa shape index (κ3) is 8.25. The number of likely N-dealkylation sites (N-methyl/N-ethyl adjacent to an activating group) is 1. The second-order valence-electron chi connectivity index (χ2n) is 6.31. The fourth-order valence-corrected chi connectivity index (χ4v) is 1.36. The van der Waals surface area contributed by atoms with Crippen molar-refractivity contribution in [3.8, 4) is 0 Å². The summed E-state index contributed by atoms with van der Waals surface area (Å²) in [4.78, 5) is 13.0. The molecule has 106 valence electrons. The number of carbonyl (C=O) groups is 1. The Morgan fingerprint density at radius 1 is 1.17 bits per heavy atom. The maximum Gasteiger partial charge on any atom is 0.245 e. The molecule has 0 heterocycles. The van der Waals surface area contributed by atoms with E-state index in [2.05, 4.69) is 6.58 Å². The first-order valence-electron chi connectivity index (χ1n) is 6.18. The van der Waals surface area contributed by atoms with Gasteiger partial charge in [-0.2, -0.15) is 0 Å². The Labute approximate surface area is 111 Å². The average Bonchev–Trinajstić information content (AvgIpc) is 2.10. The molecule has 1 amide bonds. The lowest BCUT2D eigenvalue weighted by molar-refractivity contribution is -0.237. The second-order valence-corrected chi connectivity index (χ2v) is 6.31. The number of amides is 1. The lowest BCUT2D eigenvalue weighted by Gasteiger charge is -2.34. The Bertz CT molecular complexity index is 270. The smallest absolute Gasteiger partial charge is 0.245 e. The highest BCUT2D eigenvalue weighted by Crippen LogP contribution is 2.18. The van der Waals surface area contributed by atoms with E-state index in [0.29, 0.717) is 6.54 Å². The van der Waals surface area contributed by atoms with Crippen LogP contribution in [0.1, 0.15) is 41.5 Å². The Kier molecular flexibility index (Phi) is 6.04. The van der Waals surface area contributed by atoms with Crippen LogP contribution in [0.2, 0.25) is 0 Å². The van der Waals surface area contributed by atoms with Gasteiger partial charge in [0.15, 0.2) is 6.29 Å². The van der Waals surface area contributed by atoms with Crippen LogP contribution < -0.4 is 0 Å². The molecule has 4 heteroatoms. The molecule has 0 aliphatic heterocycles. The predicted molar refractivity (Wildman–Crippen MR) is 73.3 cm³/mol. The third-order valence-electron chi connectivity index (χ3n) is 1.94. The number of rotatable bonds is 5. The molecule has 0 spiro atoms. The lowest BCUT2D eigenvalue weighted by Crippen LogP contribution is -2.43. The molecule has 0 bridgehead atoms. The van der Waals surface area contributed by atoms with Gasteiger partial charge in [-0.1, -0.05) is 6.58 Å². The monoisotopic (exact) mass is 257 g/mol. The third-order valence-corrected chi connectivity index (χ3v) is 1.94. The van der Waals surface area contributed by atoms with Crippen molar-refractivity contribution in [1.82, 2.24) is 4.90 Å². The number of carbonyl (C=O) groups excluding carboxylic acids is 1. The molecule has 0 saturated carbocycles. The SMILES string of the molecule is C=CC(=O)N(C)CC(OC(C)(C)C)OC(C)(C)C. The molecule has 0 radical (unpaired) electrons. The van der Waals surface area contributed by atoms with E-state index in [1.165, 1.54) is 11.0 Å². The zero-order valence-electron chi connectivity index (χ0n) is 12.7. The molecule has 0 atom stereocenters. The summed E-state index contributed by atoms with van der Waals surface area (Å²) in [5, 5.41) is 0. The summed E-state index contributed by atoms with van der Waals surface area (Å²) < 4.78 is 11.7. The summed E-state index contributed by atoms with van der Waals surface area (Å²) in [5.41, 5.74) is -0.651. The Morgan fingerprint density at radius 3 is 1.83 bits per heavy atom. The molecule has 18 heavy (non-hydrogen) atoms. The molecule has 0 aromatic heterocycles.